The molecule has 0 N–H and O–H groups in total. The minimum absolute atomic E-state index is 0.270. The quantitative estimate of drug-likeness (QED) is 0.806. The highest BCUT2D eigenvalue weighted by Gasteiger charge is 2.09. The number of hydrogen-bond donors (Lipinski definition) is 0. The van der Waals surface area contributed by atoms with Crippen molar-refractivity contribution in [1.29, 1.82) is 0 Å². The van der Waals surface area contributed by atoms with Gasteiger partial charge in [0.1, 0.15) is 6.10 Å². The van der Waals surface area contributed by atoms with E-state index in [2.05, 4.69) is 4.74 Å². The van der Waals surface area contributed by atoms with Gasteiger partial charge < -0.3 is 9.47 Å². The normalized spacial score (nSPS) is 11.6. The summed E-state index contributed by atoms with van der Waals surface area (Å²) in [4.78, 5) is 22.4. The highest BCUT2D eigenvalue weighted by Crippen LogP contribution is 2.24. The lowest BCUT2D eigenvalue weighted by Crippen LogP contribution is -2.04. The third kappa shape index (κ3) is 3.73. The Morgan fingerprint density at radius 3 is 1.86 bits per heavy atom. The number of methoxy groups -OCH3 is 1. The van der Waals surface area contributed by atoms with Crippen molar-refractivity contribution in [3.05, 3.63) is 59.7 Å². The molecule has 2 aromatic rings. The van der Waals surface area contributed by atoms with E-state index < -0.39 is 0 Å². The molecule has 22 heavy (non-hydrogen) atoms. The fourth-order valence-corrected chi connectivity index (χ4v) is 2.18. The first kappa shape index (κ1) is 15.8. The van der Waals surface area contributed by atoms with Crippen molar-refractivity contribution >= 4 is 11.9 Å². The molecule has 0 radical (unpaired) electrons. The van der Waals surface area contributed by atoms with Crippen LogP contribution in [0.2, 0.25) is 0 Å². The number of carbonyl (C=O) groups excluding carboxylic acids is 2. The van der Waals surface area contributed by atoms with Crippen LogP contribution in [0.5, 0.6) is 0 Å². The van der Waals surface area contributed by atoms with Crippen molar-refractivity contribution in [1.82, 2.24) is 0 Å². The predicted octanol–water partition coefficient (Wildman–Crippen LogP) is 3.76. The lowest BCUT2D eigenvalue weighted by Gasteiger charge is -2.12. The fraction of sp³-hybridized carbons (Fsp3) is 0.222. The molecule has 0 bridgehead atoms. The maximum absolute atomic E-state index is 11.4. The van der Waals surface area contributed by atoms with Crippen LogP contribution in [-0.2, 0) is 14.3 Å². The van der Waals surface area contributed by atoms with Gasteiger partial charge in [-0.25, -0.2) is 4.79 Å². The van der Waals surface area contributed by atoms with Gasteiger partial charge in [-0.1, -0.05) is 36.4 Å². The highest BCUT2D eigenvalue weighted by atomic mass is 16.5. The third-order valence-corrected chi connectivity index (χ3v) is 3.36. The van der Waals surface area contributed by atoms with Gasteiger partial charge in [-0.15, -0.1) is 0 Å². The van der Waals surface area contributed by atoms with Gasteiger partial charge in [-0.05, 0) is 35.7 Å². The van der Waals surface area contributed by atoms with Crippen LogP contribution in [-0.4, -0.2) is 19.0 Å². The second-order valence-electron chi connectivity index (χ2n) is 4.94. The number of benzene rings is 2. The molecule has 1 unspecified atom stereocenters. The van der Waals surface area contributed by atoms with Gasteiger partial charge in [0.25, 0.3) is 0 Å². The molecule has 2 aromatic carbocycles. The van der Waals surface area contributed by atoms with Crippen LogP contribution in [0.4, 0.5) is 0 Å². The molecule has 0 saturated carbocycles. The standard InChI is InChI=1S/C18H18O4/c1-12(22-13(2)19)14-4-6-15(7-5-14)16-8-10-17(11-9-16)18(20)21-3/h4-12H,1-3H3. The summed E-state index contributed by atoms with van der Waals surface area (Å²) in [7, 11) is 1.36. The first-order chi connectivity index (χ1) is 10.5. The number of hydrogen-bond acceptors (Lipinski definition) is 4. The molecule has 2 rings (SSSR count). The van der Waals surface area contributed by atoms with E-state index in [0.717, 1.165) is 16.7 Å². The Hall–Kier alpha value is -2.62. The van der Waals surface area contributed by atoms with Crippen molar-refractivity contribution in [2.45, 2.75) is 20.0 Å². The van der Waals surface area contributed by atoms with E-state index in [1.807, 2.05) is 43.3 Å². The van der Waals surface area contributed by atoms with Gasteiger partial charge in [0.05, 0.1) is 12.7 Å². The lowest BCUT2D eigenvalue weighted by atomic mass is 10.0. The Bertz CT molecular complexity index is 656. The second kappa shape index (κ2) is 6.89. The Morgan fingerprint density at radius 1 is 0.909 bits per heavy atom. The Labute approximate surface area is 129 Å². The van der Waals surface area contributed by atoms with E-state index >= 15 is 0 Å². The fourth-order valence-electron chi connectivity index (χ4n) is 2.18. The molecule has 0 heterocycles. The summed E-state index contributed by atoms with van der Waals surface area (Å²) in [5, 5.41) is 0. The monoisotopic (exact) mass is 298 g/mol. The maximum Gasteiger partial charge on any atom is 0.337 e. The van der Waals surface area contributed by atoms with Crippen LogP contribution in [0.1, 0.15) is 35.9 Å². The maximum atomic E-state index is 11.4. The van der Waals surface area contributed by atoms with E-state index in [1.165, 1.54) is 14.0 Å². The molecule has 0 spiro atoms. The largest absolute Gasteiger partial charge is 0.465 e. The highest BCUT2D eigenvalue weighted by molar-refractivity contribution is 5.89. The van der Waals surface area contributed by atoms with Crippen LogP contribution in [0.15, 0.2) is 48.5 Å². The first-order valence-electron chi connectivity index (χ1n) is 6.97. The lowest BCUT2D eigenvalue weighted by molar-refractivity contribution is -0.145. The van der Waals surface area contributed by atoms with Gasteiger partial charge in [-0.3, -0.25) is 4.79 Å². The molecule has 114 valence electrons. The molecule has 4 heteroatoms. The molecular weight excluding hydrogens is 280 g/mol. The van der Waals surface area contributed by atoms with Crippen molar-refractivity contribution in [2.24, 2.45) is 0 Å². The van der Waals surface area contributed by atoms with Crippen molar-refractivity contribution in [3.63, 3.8) is 0 Å². The van der Waals surface area contributed by atoms with Gasteiger partial charge in [0, 0.05) is 6.92 Å². The Morgan fingerprint density at radius 2 is 1.41 bits per heavy atom. The van der Waals surface area contributed by atoms with Gasteiger partial charge in [0.2, 0.25) is 0 Å². The summed E-state index contributed by atoms with van der Waals surface area (Å²) in [6.45, 7) is 3.23. The summed E-state index contributed by atoms with van der Waals surface area (Å²) in [5.41, 5.74) is 3.48. The zero-order chi connectivity index (χ0) is 16.1. The van der Waals surface area contributed by atoms with Gasteiger partial charge in [-0.2, -0.15) is 0 Å². The number of esters is 2. The number of carbonyl (C=O) groups is 2. The van der Waals surface area contributed by atoms with Crippen LogP contribution < -0.4 is 0 Å². The smallest absolute Gasteiger partial charge is 0.337 e. The van der Waals surface area contributed by atoms with E-state index in [0.29, 0.717) is 5.56 Å². The molecule has 4 nitrogen and oxygen atoms in total. The molecule has 0 aliphatic rings. The predicted molar refractivity (Wildman–Crippen MR) is 83.4 cm³/mol. The molecule has 0 aliphatic carbocycles. The average Bonchev–Trinajstić information content (AvgIpc) is 2.54. The van der Waals surface area contributed by atoms with Crippen molar-refractivity contribution in [3.8, 4) is 11.1 Å². The van der Waals surface area contributed by atoms with E-state index in [4.69, 9.17) is 4.74 Å². The van der Waals surface area contributed by atoms with E-state index in [9.17, 15) is 9.59 Å². The SMILES string of the molecule is COC(=O)c1ccc(-c2ccc(C(C)OC(C)=O)cc2)cc1. The Balaban J connectivity index is 2.16. The summed E-state index contributed by atoms with van der Waals surface area (Å²) in [6.07, 6.45) is -0.270. The topological polar surface area (TPSA) is 52.6 Å². The van der Waals surface area contributed by atoms with Gasteiger partial charge >= 0.3 is 11.9 Å². The van der Waals surface area contributed by atoms with Crippen LogP contribution >= 0.6 is 0 Å². The van der Waals surface area contributed by atoms with Gasteiger partial charge in [0.15, 0.2) is 0 Å². The summed E-state index contributed by atoms with van der Waals surface area (Å²) in [5.74, 6) is -0.646. The summed E-state index contributed by atoms with van der Waals surface area (Å²) < 4.78 is 9.82. The zero-order valence-corrected chi connectivity index (χ0v) is 12.8. The average molecular weight is 298 g/mol. The number of ether oxygens (including phenoxy) is 2. The molecule has 0 saturated heterocycles. The Kier molecular flexibility index (Phi) is 4.94. The minimum Gasteiger partial charge on any atom is -0.465 e. The first-order valence-corrected chi connectivity index (χ1v) is 6.97. The molecule has 0 aliphatic heterocycles. The number of rotatable bonds is 4. The molecule has 0 fully saturated rings. The van der Waals surface area contributed by atoms with Crippen LogP contribution in [0.3, 0.4) is 0 Å². The summed E-state index contributed by atoms with van der Waals surface area (Å²) in [6, 6.07) is 15.0. The molecular formula is C18H18O4. The summed E-state index contributed by atoms with van der Waals surface area (Å²) >= 11 is 0. The van der Waals surface area contributed by atoms with Crippen molar-refractivity contribution in [2.75, 3.05) is 7.11 Å². The van der Waals surface area contributed by atoms with Crippen LogP contribution in [0.25, 0.3) is 11.1 Å². The van der Waals surface area contributed by atoms with E-state index in [-0.39, 0.29) is 18.0 Å². The van der Waals surface area contributed by atoms with Crippen LogP contribution in [0, 0.1) is 0 Å². The third-order valence-electron chi connectivity index (χ3n) is 3.36. The van der Waals surface area contributed by atoms with Crippen molar-refractivity contribution < 1.29 is 19.1 Å². The zero-order valence-electron chi connectivity index (χ0n) is 12.8. The minimum atomic E-state index is -0.350. The van der Waals surface area contributed by atoms with E-state index in [1.54, 1.807) is 12.1 Å². The molecule has 0 amide bonds. The molecule has 0 aromatic heterocycles. The molecule has 1 atom stereocenters. The second-order valence-corrected chi connectivity index (χ2v) is 4.94.